The summed E-state index contributed by atoms with van der Waals surface area (Å²) in [5.74, 6) is 0.124. The third-order valence-electron chi connectivity index (χ3n) is 3.85. The Balaban J connectivity index is 1.77. The monoisotopic (exact) mass is 308 g/mol. The number of alkyl halides is 1. The number of piperazine rings is 1. The first kappa shape index (κ1) is 15.8. The summed E-state index contributed by atoms with van der Waals surface area (Å²) in [6.45, 7) is 4.44. The van der Waals surface area contributed by atoms with Crippen molar-refractivity contribution in [1.29, 1.82) is 0 Å². The van der Waals surface area contributed by atoms with Crippen LogP contribution >= 0.6 is 11.6 Å². The fourth-order valence-electron chi connectivity index (χ4n) is 2.45. The van der Waals surface area contributed by atoms with Crippen LogP contribution in [0.2, 0.25) is 0 Å². The van der Waals surface area contributed by atoms with E-state index in [0.717, 1.165) is 6.42 Å². The summed E-state index contributed by atoms with van der Waals surface area (Å²) in [6, 6.07) is 8.27. The molecule has 0 saturated carbocycles. The van der Waals surface area contributed by atoms with E-state index in [1.807, 2.05) is 4.90 Å². The zero-order valence-corrected chi connectivity index (χ0v) is 13.1. The van der Waals surface area contributed by atoms with E-state index in [1.165, 1.54) is 11.1 Å². The molecule has 4 nitrogen and oxygen atoms in total. The Bertz CT molecular complexity index is 494. The van der Waals surface area contributed by atoms with Crippen LogP contribution < -0.4 is 0 Å². The number of benzene rings is 1. The Morgan fingerprint density at radius 1 is 1.00 bits per heavy atom. The van der Waals surface area contributed by atoms with Gasteiger partial charge in [-0.2, -0.15) is 0 Å². The van der Waals surface area contributed by atoms with Crippen molar-refractivity contribution in [3.63, 3.8) is 0 Å². The van der Waals surface area contributed by atoms with E-state index in [2.05, 4.69) is 31.2 Å². The predicted octanol–water partition coefficient (Wildman–Crippen LogP) is 1.84. The van der Waals surface area contributed by atoms with Crippen LogP contribution in [0, 0.1) is 6.92 Å². The van der Waals surface area contributed by atoms with Crippen LogP contribution in [0.1, 0.15) is 17.5 Å². The lowest BCUT2D eigenvalue weighted by molar-refractivity contribution is -0.138. The van der Waals surface area contributed by atoms with Crippen molar-refractivity contribution in [2.24, 2.45) is 0 Å². The minimum atomic E-state index is -0.0524. The van der Waals surface area contributed by atoms with Gasteiger partial charge in [-0.3, -0.25) is 9.59 Å². The van der Waals surface area contributed by atoms with Crippen LogP contribution in [-0.2, 0) is 16.0 Å². The van der Waals surface area contributed by atoms with Gasteiger partial charge < -0.3 is 9.80 Å². The number of halogens is 1. The maximum absolute atomic E-state index is 12.2. The SMILES string of the molecule is Cc1ccc(CCC(=O)N2CCN(C(=O)CCl)CC2)cc1. The zero-order valence-electron chi connectivity index (χ0n) is 12.3. The summed E-state index contributed by atoms with van der Waals surface area (Å²) in [5, 5.41) is 0. The molecule has 1 fully saturated rings. The van der Waals surface area contributed by atoms with E-state index >= 15 is 0 Å². The number of rotatable bonds is 4. The van der Waals surface area contributed by atoms with Crippen molar-refractivity contribution in [2.45, 2.75) is 19.8 Å². The van der Waals surface area contributed by atoms with Crippen LogP contribution in [0.5, 0.6) is 0 Å². The first-order valence-electron chi connectivity index (χ1n) is 7.27. The molecule has 0 aliphatic carbocycles. The molecule has 0 spiro atoms. The average Bonchev–Trinajstić information content (AvgIpc) is 2.53. The fourth-order valence-corrected chi connectivity index (χ4v) is 2.62. The summed E-state index contributed by atoms with van der Waals surface area (Å²) in [4.78, 5) is 27.2. The van der Waals surface area contributed by atoms with Crippen LogP contribution in [-0.4, -0.2) is 53.7 Å². The van der Waals surface area contributed by atoms with Crippen LogP contribution in [0.3, 0.4) is 0 Å². The van der Waals surface area contributed by atoms with Crippen molar-refractivity contribution < 1.29 is 9.59 Å². The number of aryl methyl sites for hydroxylation is 2. The van der Waals surface area contributed by atoms with Gasteiger partial charge in [-0.25, -0.2) is 0 Å². The lowest BCUT2D eigenvalue weighted by atomic mass is 10.1. The molecule has 5 heteroatoms. The number of carbonyl (C=O) groups is 2. The lowest BCUT2D eigenvalue weighted by Gasteiger charge is -2.34. The standard InChI is InChI=1S/C16H21ClN2O2/c1-13-2-4-14(5-3-13)6-7-15(20)18-8-10-19(11-9-18)16(21)12-17/h2-5H,6-12H2,1H3. The van der Waals surface area contributed by atoms with E-state index < -0.39 is 0 Å². The van der Waals surface area contributed by atoms with Crippen LogP contribution in [0.15, 0.2) is 24.3 Å². The molecule has 114 valence electrons. The maximum Gasteiger partial charge on any atom is 0.237 e. The first-order chi connectivity index (χ1) is 10.1. The van der Waals surface area contributed by atoms with Crippen LogP contribution in [0.25, 0.3) is 0 Å². The average molecular weight is 309 g/mol. The van der Waals surface area contributed by atoms with Gasteiger partial charge >= 0.3 is 0 Å². The molecule has 2 rings (SSSR count). The molecular weight excluding hydrogens is 288 g/mol. The quantitative estimate of drug-likeness (QED) is 0.796. The van der Waals surface area contributed by atoms with E-state index in [0.29, 0.717) is 32.6 Å². The molecule has 1 heterocycles. The molecule has 0 N–H and O–H groups in total. The number of hydrogen-bond acceptors (Lipinski definition) is 2. The van der Waals surface area contributed by atoms with Gasteiger partial charge in [-0.15, -0.1) is 11.6 Å². The third-order valence-corrected chi connectivity index (χ3v) is 4.08. The topological polar surface area (TPSA) is 40.6 Å². The van der Waals surface area contributed by atoms with Gasteiger partial charge in [0.15, 0.2) is 0 Å². The predicted molar refractivity (Wildman–Crippen MR) is 83.4 cm³/mol. The van der Waals surface area contributed by atoms with Gasteiger partial charge in [-0.05, 0) is 18.9 Å². The molecule has 21 heavy (non-hydrogen) atoms. The summed E-state index contributed by atoms with van der Waals surface area (Å²) in [5.41, 5.74) is 2.41. The molecule has 2 amide bonds. The van der Waals surface area contributed by atoms with Gasteiger partial charge in [0.25, 0.3) is 0 Å². The van der Waals surface area contributed by atoms with Gasteiger partial charge in [-0.1, -0.05) is 29.8 Å². The van der Waals surface area contributed by atoms with Gasteiger partial charge in [0.05, 0.1) is 0 Å². The van der Waals surface area contributed by atoms with E-state index in [9.17, 15) is 9.59 Å². The van der Waals surface area contributed by atoms with Crippen molar-refractivity contribution in [1.82, 2.24) is 9.80 Å². The normalized spacial score (nSPS) is 15.1. The van der Waals surface area contributed by atoms with E-state index in [-0.39, 0.29) is 17.7 Å². The fraction of sp³-hybridized carbons (Fsp3) is 0.500. The number of amides is 2. The Labute approximate surface area is 130 Å². The smallest absolute Gasteiger partial charge is 0.237 e. The molecule has 0 aromatic heterocycles. The Morgan fingerprint density at radius 3 is 2.05 bits per heavy atom. The number of hydrogen-bond donors (Lipinski definition) is 0. The van der Waals surface area contributed by atoms with E-state index in [1.54, 1.807) is 4.90 Å². The van der Waals surface area contributed by atoms with Crippen molar-refractivity contribution in [3.8, 4) is 0 Å². The minimum absolute atomic E-state index is 0.0152. The highest BCUT2D eigenvalue weighted by Crippen LogP contribution is 2.09. The van der Waals surface area contributed by atoms with Crippen molar-refractivity contribution in [3.05, 3.63) is 35.4 Å². The molecule has 1 aliphatic rings. The molecule has 0 unspecified atom stereocenters. The van der Waals surface area contributed by atoms with Gasteiger partial charge in [0.1, 0.15) is 5.88 Å². The molecule has 0 atom stereocenters. The Morgan fingerprint density at radius 2 is 1.52 bits per heavy atom. The molecule has 0 radical (unpaired) electrons. The number of nitrogens with zero attached hydrogens (tertiary/aromatic N) is 2. The number of carbonyl (C=O) groups excluding carboxylic acids is 2. The summed E-state index contributed by atoms with van der Waals surface area (Å²) >= 11 is 5.54. The van der Waals surface area contributed by atoms with Gasteiger partial charge in [0, 0.05) is 32.6 Å². The Kier molecular flexibility index (Phi) is 5.62. The van der Waals surface area contributed by atoms with Crippen molar-refractivity contribution >= 4 is 23.4 Å². The second kappa shape index (κ2) is 7.46. The summed E-state index contributed by atoms with van der Waals surface area (Å²) in [6.07, 6.45) is 1.28. The molecule has 1 aromatic rings. The highest BCUT2D eigenvalue weighted by Gasteiger charge is 2.23. The minimum Gasteiger partial charge on any atom is -0.339 e. The molecule has 1 saturated heterocycles. The maximum atomic E-state index is 12.2. The molecule has 0 bridgehead atoms. The van der Waals surface area contributed by atoms with E-state index in [4.69, 9.17) is 11.6 Å². The molecule has 1 aliphatic heterocycles. The van der Waals surface area contributed by atoms with Gasteiger partial charge in [0.2, 0.25) is 11.8 Å². The first-order valence-corrected chi connectivity index (χ1v) is 7.80. The highest BCUT2D eigenvalue weighted by molar-refractivity contribution is 6.27. The largest absolute Gasteiger partial charge is 0.339 e. The third kappa shape index (κ3) is 4.46. The zero-order chi connectivity index (χ0) is 15.2. The summed E-state index contributed by atoms with van der Waals surface area (Å²) in [7, 11) is 0. The highest BCUT2D eigenvalue weighted by atomic mass is 35.5. The second-order valence-electron chi connectivity index (χ2n) is 5.38. The summed E-state index contributed by atoms with van der Waals surface area (Å²) < 4.78 is 0. The molecule has 1 aromatic carbocycles. The van der Waals surface area contributed by atoms with Crippen molar-refractivity contribution in [2.75, 3.05) is 32.1 Å². The second-order valence-corrected chi connectivity index (χ2v) is 5.65. The Hall–Kier alpha value is -1.55. The molecular formula is C16H21ClN2O2. The van der Waals surface area contributed by atoms with Crippen LogP contribution in [0.4, 0.5) is 0 Å². The lowest BCUT2D eigenvalue weighted by Crippen LogP contribution is -2.51.